The molecule has 0 atom stereocenters. The van der Waals surface area contributed by atoms with Gasteiger partial charge in [-0.25, -0.2) is 0 Å². The van der Waals surface area contributed by atoms with Crippen molar-refractivity contribution >= 4 is 27.6 Å². The fourth-order valence-electron chi connectivity index (χ4n) is 4.79. The average Bonchev–Trinajstić information content (AvgIpc) is 2.95. The Morgan fingerprint density at radius 1 is 0.636 bits per heavy atom. The summed E-state index contributed by atoms with van der Waals surface area (Å²) in [5.41, 5.74) is 11.0. The minimum Gasteiger partial charge on any atom is -0.512 e. The molecule has 0 aliphatic rings. The van der Waals surface area contributed by atoms with Gasteiger partial charge in [0.2, 0.25) is 0 Å². The zero-order chi connectivity index (χ0) is 30.9. The molecule has 2 heterocycles. The van der Waals surface area contributed by atoms with Gasteiger partial charge in [0.1, 0.15) is 0 Å². The molecule has 0 spiro atoms. The van der Waals surface area contributed by atoms with Crippen LogP contribution < -0.4 is 0 Å². The van der Waals surface area contributed by atoms with Gasteiger partial charge in [0.05, 0.1) is 16.8 Å². The Bertz CT molecular complexity index is 1760. The number of aliphatic hydroxyl groups is 1. The first-order valence-electron chi connectivity index (χ1n) is 14.2. The van der Waals surface area contributed by atoms with Crippen LogP contribution in [0.25, 0.3) is 44.3 Å². The standard InChI is InChI=1S/2C17H14N.C5H8O2.Ir/c2*1-12-9-13(2)11-15(10-12)17-8-7-14-5-3-4-6-16(14)18-17;1-4(6)3-5(2)7;/h2*3-10H,1-2H3;3,6H,1-2H3;/q2*-1;;/b;;4-3+;. The molecular weight excluding hydrogens is 721 g/mol. The van der Waals surface area contributed by atoms with Crippen LogP contribution in [-0.4, -0.2) is 20.9 Å². The molecule has 0 bridgehead atoms. The Balaban J connectivity index is 0.000000196. The molecule has 4 nitrogen and oxygen atoms in total. The first kappa shape index (κ1) is 34.1. The van der Waals surface area contributed by atoms with Crippen LogP contribution in [0.1, 0.15) is 36.1 Å². The van der Waals surface area contributed by atoms with Crippen LogP contribution in [0.3, 0.4) is 0 Å². The third kappa shape index (κ3) is 9.80. The number of para-hydroxylation sites is 2. The van der Waals surface area contributed by atoms with Gasteiger partial charge in [0, 0.05) is 26.2 Å². The van der Waals surface area contributed by atoms with Crippen molar-refractivity contribution in [3.8, 4) is 22.5 Å². The Morgan fingerprint density at radius 3 is 1.39 bits per heavy atom. The first-order valence-corrected chi connectivity index (χ1v) is 14.2. The number of carbonyl (C=O) groups excluding carboxylic acids is 1. The third-order valence-electron chi connectivity index (χ3n) is 6.46. The summed E-state index contributed by atoms with van der Waals surface area (Å²) in [4.78, 5) is 19.4. The number of nitrogens with zero attached hydrogens (tertiary/aromatic N) is 2. The van der Waals surface area contributed by atoms with Crippen molar-refractivity contribution in [2.24, 2.45) is 0 Å². The van der Waals surface area contributed by atoms with E-state index in [1.54, 1.807) is 0 Å². The predicted molar refractivity (Wildman–Crippen MR) is 178 cm³/mol. The summed E-state index contributed by atoms with van der Waals surface area (Å²) in [6.07, 6.45) is 1.17. The average molecular weight is 757 g/mol. The van der Waals surface area contributed by atoms with E-state index < -0.39 is 0 Å². The van der Waals surface area contributed by atoms with Gasteiger partial charge in [-0.05, 0) is 48.1 Å². The maximum atomic E-state index is 10.0. The van der Waals surface area contributed by atoms with Crippen molar-refractivity contribution < 1.29 is 30.0 Å². The van der Waals surface area contributed by atoms with Crippen molar-refractivity contribution in [1.82, 2.24) is 9.97 Å². The number of hydrogen-bond donors (Lipinski definition) is 1. The molecular formula is C39H36IrN2O2-2. The maximum absolute atomic E-state index is 10.0. The molecule has 0 saturated heterocycles. The second-order valence-electron chi connectivity index (χ2n) is 10.7. The van der Waals surface area contributed by atoms with Gasteiger partial charge in [-0.2, -0.15) is 0 Å². The van der Waals surface area contributed by atoms with Crippen LogP contribution in [-0.2, 0) is 24.9 Å². The third-order valence-corrected chi connectivity index (χ3v) is 6.46. The molecule has 6 aromatic rings. The Labute approximate surface area is 273 Å². The van der Waals surface area contributed by atoms with Crippen LogP contribution in [0.4, 0.5) is 0 Å². The van der Waals surface area contributed by atoms with Crippen LogP contribution in [0.15, 0.2) is 109 Å². The molecule has 0 saturated carbocycles. The zero-order valence-corrected chi connectivity index (χ0v) is 28.3. The number of rotatable bonds is 3. The fourth-order valence-corrected chi connectivity index (χ4v) is 4.79. The molecule has 44 heavy (non-hydrogen) atoms. The summed E-state index contributed by atoms with van der Waals surface area (Å²) in [6.45, 7) is 11.2. The number of aromatic nitrogens is 2. The van der Waals surface area contributed by atoms with Crippen molar-refractivity contribution in [3.63, 3.8) is 0 Å². The van der Waals surface area contributed by atoms with Gasteiger partial charge < -0.3 is 5.11 Å². The molecule has 4 aromatic carbocycles. The molecule has 0 fully saturated rings. The number of fused-ring (bicyclic) bond motifs is 2. The Morgan fingerprint density at radius 2 is 1.05 bits per heavy atom. The second kappa shape index (κ2) is 15.9. The van der Waals surface area contributed by atoms with Crippen molar-refractivity contribution in [2.75, 3.05) is 0 Å². The summed E-state index contributed by atoms with van der Waals surface area (Å²) >= 11 is 0. The van der Waals surface area contributed by atoms with E-state index in [1.165, 1.54) is 41.8 Å². The van der Waals surface area contributed by atoms with Crippen molar-refractivity contribution in [2.45, 2.75) is 41.5 Å². The van der Waals surface area contributed by atoms with E-state index in [2.05, 4.69) is 100 Å². The minimum absolute atomic E-state index is 0. The summed E-state index contributed by atoms with van der Waals surface area (Å²) < 4.78 is 0. The number of carbonyl (C=O) groups is 1. The number of allylic oxidation sites excluding steroid dienone is 2. The van der Waals surface area contributed by atoms with Gasteiger partial charge in [-0.15, -0.1) is 69.8 Å². The predicted octanol–water partition coefficient (Wildman–Crippen LogP) is 9.67. The monoisotopic (exact) mass is 757 g/mol. The fraction of sp³-hybridized carbons (Fsp3) is 0.154. The number of aliphatic hydroxyl groups excluding tert-OH is 1. The van der Waals surface area contributed by atoms with E-state index in [1.807, 2.05) is 36.4 Å². The van der Waals surface area contributed by atoms with Crippen LogP contribution in [0.2, 0.25) is 0 Å². The number of aryl methyl sites for hydroxylation is 4. The van der Waals surface area contributed by atoms with Gasteiger partial charge in [0.15, 0.2) is 5.78 Å². The van der Waals surface area contributed by atoms with Gasteiger partial charge >= 0.3 is 0 Å². The van der Waals surface area contributed by atoms with Gasteiger partial charge in [-0.3, -0.25) is 14.8 Å². The largest absolute Gasteiger partial charge is 0.512 e. The number of ketones is 1. The van der Waals surface area contributed by atoms with E-state index in [0.29, 0.717) is 0 Å². The minimum atomic E-state index is -0.125. The molecule has 6 rings (SSSR count). The molecule has 1 radical (unpaired) electrons. The first-order chi connectivity index (χ1) is 20.6. The van der Waals surface area contributed by atoms with E-state index in [9.17, 15) is 4.79 Å². The zero-order valence-electron chi connectivity index (χ0n) is 25.9. The Hall–Kier alpha value is -4.44. The molecule has 2 aromatic heterocycles. The SMILES string of the molecule is CC(=O)/C=C(\C)O.Cc1[c-]c(-c2ccc3ccccc3n2)cc(C)c1.Cc1[c-]c(-c2ccc3ccccc3n2)cc(C)c1.[Ir]. The molecule has 0 unspecified atom stereocenters. The molecule has 0 aliphatic heterocycles. The van der Waals surface area contributed by atoms with E-state index in [-0.39, 0.29) is 31.6 Å². The quantitative estimate of drug-likeness (QED) is 0.111. The second-order valence-corrected chi connectivity index (χ2v) is 10.7. The smallest absolute Gasteiger partial charge is 0.155 e. The Kier molecular flexibility index (Phi) is 12.3. The van der Waals surface area contributed by atoms with E-state index >= 15 is 0 Å². The van der Waals surface area contributed by atoms with E-state index in [0.717, 1.165) is 44.7 Å². The van der Waals surface area contributed by atoms with E-state index in [4.69, 9.17) is 15.1 Å². The summed E-state index contributed by atoms with van der Waals surface area (Å²) in [6, 6.07) is 40.0. The maximum Gasteiger partial charge on any atom is 0.155 e. The van der Waals surface area contributed by atoms with Gasteiger partial charge in [-0.1, -0.05) is 88.4 Å². The number of benzene rings is 4. The normalized spacial score (nSPS) is 10.6. The van der Waals surface area contributed by atoms with Crippen molar-refractivity contribution in [1.29, 1.82) is 0 Å². The van der Waals surface area contributed by atoms with Crippen LogP contribution in [0, 0.1) is 39.8 Å². The van der Waals surface area contributed by atoms with Crippen molar-refractivity contribution in [3.05, 3.63) is 143 Å². The number of pyridine rings is 2. The summed E-state index contributed by atoms with van der Waals surface area (Å²) in [5.74, 6) is -0.0625. The molecule has 1 N–H and O–H groups in total. The molecule has 5 heteroatoms. The van der Waals surface area contributed by atoms with Gasteiger partial charge in [0.25, 0.3) is 0 Å². The molecule has 225 valence electrons. The topological polar surface area (TPSA) is 63.1 Å². The molecule has 0 aliphatic carbocycles. The molecule has 0 amide bonds. The van der Waals surface area contributed by atoms with Crippen LogP contribution in [0.5, 0.6) is 0 Å². The summed E-state index contributed by atoms with van der Waals surface area (Å²) in [7, 11) is 0. The summed E-state index contributed by atoms with van der Waals surface area (Å²) in [5, 5.41) is 10.7. The number of hydrogen-bond acceptors (Lipinski definition) is 4. The van der Waals surface area contributed by atoms with Crippen LogP contribution >= 0.6 is 0 Å².